The van der Waals surface area contributed by atoms with Gasteiger partial charge in [-0.15, -0.1) is 34.0 Å². The van der Waals surface area contributed by atoms with Gasteiger partial charge in [0.2, 0.25) is 17.7 Å². The minimum atomic E-state index is -3.81. The van der Waals surface area contributed by atoms with E-state index in [-0.39, 0.29) is 56.6 Å². The third-order valence-electron chi connectivity index (χ3n) is 12.5. The lowest BCUT2D eigenvalue weighted by Crippen LogP contribution is -2.55. The normalized spacial score (nSPS) is 22.1. The third kappa shape index (κ3) is 17.1. The zero-order chi connectivity index (χ0) is 57.2. The molecular weight excluding hydrogens is 1240 g/mol. The Morgan fingerprint density at radius 2 is 0.704 bits per heavy atom. The molecule has 2 unspecified atom stereocenters. The molecule has 0 aliphatic carbocycles. The van der Waals surface area contributed by atoms with Crippen LogP contribution in [0.4, 0.5) is 30.2 Å². The molecule has 6 heterocycles. The summed E-state index contributed by atoms with van der Waals surface area (Å²) in [5, 5.41) is 13.2. The van der Waals surface area contributed by atoms with Crippen LogP contribution < -0.4 is 30.1 Å². The third-order valence-corrected chi connectivity index (χ3v) is 21.6. The Bertz CT molecular complexity index is 3210. The number of amides is 3. The van der Waals surface area contributed by atoms with Crippen LogP contribution in [0.25, 0.3) is 0 Å². The van der Waals surface area contributed by atoms with Crippen molar-refractivity contribution in [3.05, 3.63) is 153 Å². The molecule has 3 aliphatic rings. The first kappa shape index (κ1) is 68.9. The molecule has 81 heavy (non-hydrogen) atoms. The molecule has 3 amide bonds. The first-order valence-corrected chi connectivity index (χ1v) is 31.3. The number of aryl methyl sites for hydroxylation is 3. The van der Waals surface area contributed by atoms with Crippen molar-refractivity contribution in [3.63, 3.8) is 0 Å². The van der Waals surface area contributed by atoms with Crippen molar-refractivity contribution in [2.45, 2.75) is 98.6 Å². The number of hydrogen-bond donors (Lipinski definition) is 6. The highest BCUT2D eigenvalue weighted by atomic mass is 35.5. The predicted octanol–water partition coefficient (Wildman–Crippen LogP) is 11.1. The van der Waals surface area contributed by atoms with Crippen LogP contribution in [0.3, 0.4) is 0 Å². The summed E-state index contributed by atoms with van der Waals surface area (Å²) < 4.78 is 125. The second-order valence-corrected chi connectivity index (χ2v) is 27.6. The van der Waals surface area contributed by atoms with E-state index in [0.717, 1.165) is 62.4 Å². The van der Waals surface area contributed by atoms with E-state index in [2.05, 4.69) is 30.1 Å². The molecule has 0 saturated carbocycles. The molecule has 0 radical (unpaired) electrons. The number of thiophene rings is 3. The number of likely N-dealkylation sites (N-methyl/N-ethyl adjacent to an activating group) is 3. The molecule has 6 atom stereocenters. The average molecular weight is 1300 g/mol. The lowest BCUT2D eigenvalue weighted by Gasteiger charge is -2.35. The highest BCUT2D eigenvalue weighted by Crippen LogP contribution is 2.36. The fourth-order valence-corrected chi connectivity index (χ4v) is 15.6. The lowest BCUT2D eigenvalue weighted by atomic mass is 10.0. The van der Waals surface area contributed by atoms with Gasteiger partial charge in [-0.25, -0.2) is 13.2 Å². The number of carbonyl (C=O) groups is 3. The van der Waals surface area contributed by atoms with Gasteiger partial charge in [0.05, 0.1) is 33.2 Å². The van der Waals surface area contributed by atoms with Crippen molar-refractivity contribution in [1.29, 1.82) is 0 Å². The number of halogens is 6. The Kier molecular flexibility index (Phi) is 24.1. The second kappa shape index (κ2) is 28.3. The molecule has 0 spiro atoms. The Labute approximate surface area is 498 Å². The van der Waals surface area contributed by atoms with E-state index in [1.54, 1.807) is 0 Å². The first-order chi connectivity index (χ1) is 36.5. The zero-order valence-electron chi connectivity index (χ0n) is 42.0. The van der Waals surface area contributed by atoms with Crippen molar-refractivity contribution in [2.24, 2.45) is 0 Å². The first-order valence-electron chi connectivity index (χ1n) is 23.2. The molecule has 18 nitrogen and oxygen atoms in total. The van der Waals surface area contributed by atoms with Gasteiger partial charge in [0, 0.05) is 52.8 Å². The van der Waals surface area contributed by atoms with Gasteiger partial charge in [0.25, 0.3) is 30.6 Å². The van der Waals surface area contributed by atoms with E-state index in [4.69, 9.17) is 34.8 Å². The monoisotopic (exact) mass is 1300 g/mol. The van der Waals surface area contributed by atoms with Crippen molar-refractivity contribution in [3.8, 4) is 0 Å². The van der Waals surface area contributed by atoms with Gasteiger partial charge in [-0.2, -0.15) is 52.3 Å². The van der Waals surface area contributed by atoms with Crippen molar-refractivity contribution in [1.82, 2.24) is 27.1 Å². The molecule has 3 saturated heterocycles. The van der Waals surface area contributed by atoms with E-state index in [1.165, 1.54) is 91.6 Å². The summed E-state index contributed by atoms with van der Waals surface area (Å²) in [6.45, 7) is 5.77. The molecule has 444 valence electrons. The second-order valence-electron chi connectivity index (χ2n) is 18.3. The van der Waals surface area contributed by atoms with Crippen LogP contribution in [0.1, 0.15) is 91.0 Å². The Morgan fingerprint density at radius 3 is 0.901 bits per heavy atom. The highest BCUT2D eigenvalue weighted by Gasteiger charge is 2.44. The summed E-state index contributed by atoms with van der Waals surface area (Å²) in [5.41, 5.74) is 4.00. The molecule has 9 rings (SSSR count). The SMILES string of the molecule is C.C.C.Cc1csc(C2CC(C(=O)Nc3ccc(F)c(Cl)c3)N(C)S(=O)(=O)N2)c1.Cc1csc([C@@H]2C[C@H](C(=O)Nc3ccc(F)c(Cl)c3)N(C)S(=O)(=O)N2)c1.Cc1csc([C@H]2C[C@@H](C(=O)Nc3ccc(F)c(Cl)c3)N(C)S(=O)(=O)N2)c1. The van der Waals surface area contributed by atoms with Crippen LogP contribution >= 0.6 is 68.8 Å². The number of anilines is 3. The summed E-state index contributed by atoms with van der Waals surface area (Å²) in [7, 11) is -7.38. The number of hydrogen-bond acceptors (Lipinski definition) is 12. The maximum Gasteiger partial charge on any atom is 0.280 e. The Hall–Kier alpha value is -4.56. The molecule has 3 fully saturated rings. The number of nitrogens with zero attached hydrogens (tertiary/aromatic N) is 3. The van der Waals surface area contributed by atoms with E-state index in [1.807, 2.05) is 55.1 Å². The number of rotatable bonds is 9. The number of benzene rings is 3. The summed E-state index contributed by atoms with van der Waals surface area (Å²) in [6.07, 6.45) is 0.823. The molecular formula is C51H63Cl3F3N9O9S6. The van der Waals surface area contributed by atoms with Gasteiger partial charge in [-0.05, 0) is 146 Å². The van der Waals surface area contributed by atoms with E-state index >= 15 is 0 Å². The van der Waals surface area contributed by atoms with Crippen molar-refractivity contribution >= 4 is 134 Å². The summed E-state index contributed by atoms with van der Waals surface area (Å²) in [6, 6.07) is 12.9. The van der Waals surface area contributed by atoms with Crippen molar-refractivity contribution in [2.75, 3.05) is 37.1 Å². The van der Waals surface area contributed by atoms with Gasteiger partial charge in [0.15, 0.2) is 0 Å². The topological polar surface area (TPSA) is 236 Å². The smallest absolute Gasteiger partial charge is 0.280 e. The van der Waals surface area contributed by atoms with Crippen LogP contribution in [0, 0.1) is 38.2 Å². The zero-order valence-corrected chi connectivity index (χ0v) is 49.1. The Morgan fingerprint density at radius 1 is 0.469 bits per heavy atom. The van der Waals surface area contributed by atoms with E-state index in [9.17, 15) is 52.8 Å². The minimum absolute atomic E-state index is 0. The number of carbonyl (C=O) groups excluding carboxylic acids is 3. The predicted molar refractivity (Wildman–Crippen MR) is 320 cm³/mol. The fraction of sp³-hybridized carbons (Fsp3) is 0.353. The molecule has 3 aliphatic heterocycles. The molecule has 3 aromatic carbocycles. The van der Waals surface area contributed by atoms with Gasteiger partial charge in [0.1, 0.15) is 35.6 Å². The van der Waals surface area contributed by atoms with Crippen LogP contribution in [0.5, 0.6) is 0 Å². The number of nitrogens with one attached hydrogen (secondary N) is 6. The van der Waals surface area contributed by atoms with E-state index < -0.39 is 102 Å². The highest BCUT2D eigenvalue weighted by molar-refractivity contribution is 7.87. The van der Waals surface area contributed by atoms with Crippen LogP contribution in [0.2, 0.25) is 15.1 Å². The maximum atomic E-state index is 13.3. The van der Waals surface area contributed by atoms with E-state index in [0.29, 0.717) is 17.1 Å². The van der Waals surface area contributed by atoms with Crippen molar-refractivity contribution < 1.29 is 52.8 Å². The largest absolute Gasteiger partial charge is 0.325 e. The summed E-state index contributed by atoms with van der Waals surface area (Å²) in [5.74, 6) is -3.30. The van der Waals surface area contributed by atoms with Crippen LogP contribution in [0.15, 0.2) is 88.9 Å². The van der Waals surface area contributed by atoms with Gasteiger partial charge in [-0.3, -0.25) is 14.4 Å². The summed E-state index contributed by atoms with van der Waals surface area (Å²) in [4.78, 5) is 40.5. The molecule has 3 aromatic heterocycles. The Balaban J connectivity index is 0.000000257. The fourth-order valence-electron chi connectivity index (χ4n) is 8.20. The van der Waals surface area contributed by atoms with Gasteiger partial charge in [-0.1, -0.05) is 57.1 Å². The molecule has 0 bridgehead atoms. The maximum absolute atomic E-state index is 13.3. The summed E-state index contributed by atoms with van der Waals surface area (Å²) >= 11 is 21.5. The lowest BCUT2D eigenvalue weighted by molar-refractivity contribution is -0.120. The quantitative estimate of drug-likeness (QED) is 0.0806. The average Bonchev–Trinajstić information content (AvgIpc) is 4.22. The van der Waals surface area contributed by atoms with Crippen LogP contribution in [-0.2, 0) is 45.0 Å². The minimum Gasteiger partial charge on any atom is -0.325 e. The molecule has 6 N–H and O–H groups in total. The molecule has 30 heteroatoms. The van der Waals surface area contributed by atoms with Crippen LogP contribution in [-0.4, -0.2) is 95.2 Å². The van der Waals surface area contributed by atoms with Gasteiger partial charge >= 0.3 is 0 Å². The molecule has 6 aromatic rings. The standard InChI is InChI=1S/3C16H17ClFN3O3S2.3CH4/c3*1-9-5-15(25-8-9)13-7-14(21(2)26(23,24)20-13)16(22)19-10-3-4-12(18)11(17)6-10;;;/h3*3-6,8,13-14,20H,7H2,1-2H3,(H,19,22);3*1H4/t2*13-,14+;;;;/m10..../s1. The van der Waals surface area contributed by atoms with Gasteiger partial charge < -0.3 is 16.0 Å².